The Bertz CT molecular complexity index is 584. The summed E-state index contributed by atoms with van der Waals surface area (Å²) in [5.41, 5.74) is -0.328. The topological polar surface area (TPSA) is 27.7 Å². The molecule has 0 aromatic heterocycles. The molecule has 24 heavy (non-hydrogen) atoms. The number of hydrogen-bond acceptors (Lipinski definition) is 3. The average Bonchev–Trinajstić information content (AvgIpc) is 2.65. The van der Waals surface area contributed by atoms with Crippen LogP contribution in [0.15, 0.2) is 18.2 Å². The Kier molecular flexibility index (Phi) is 4.64. The van der Waals surface area contributed by atoms with Gasteiger partial charge in [0.05, 0.1) is 17.8 Å². The summed E-state index contributed by atoms with van der Waals surface area (Å²) in [5.74, 6) is 0.963. The van der Waals surface area contributed by atoms with Crippen LogP contribution in [-0.4, -0.2) is 24.9 Å². The molecule has 0 bridgehead atoms. The Morgan fingerprint density at radius 3 is 2.29 bits per heavy atom. The van der Waals surface area contributed by atoms with E-state index in [1.54, 1.807) is 6.07 Å². The normalized spacial score (nSPS) is 22.7. The van der Waals surface area contributed by atoms with E-state index >= 15 is 0 Å². The van der Waals surface area contributed by atoms with E-state index in [2.05, 4.69) is 0 Å². The zero-order valence-corrected chi connectivity index (χ0v) is 14.8. The minimum atomic E-state index is -2.52. The molecular formula is C18H25BF2O3. The van der Waals surface area contributed by atoms with Gasteiger partial charge in [-0.15, -0.1) is 0 Å². The van der Waals surface area contributed by atoms with Gasteiger partial charge in [0.25, 0.3) is 6.43 Å². The lowest BCUT2D eigenvalue weighted by atomic mass is 9.78. The van der Waals surface area contributed by atoms with E-state index in [9.17, 15) is 8.78 Å². The third-order valence-electron chi connectivity index (χ3n) is 5.50. The molecule has 1 aromatic rings. The molecule has 1 aliphatic carbocycles. The maximum absolute atomic E-state index is 13.1. The highest BCUT2D eigenvalue weighted by atomic mass is 19.3. The number of ether oxygens (including phenoxy) is 1. The second kappa shape index (κ2) is 6.30. The van der Waals surface area contributed by atoms with E-state index in [0.29, 0.717) is 23.7 Å². The quantitative estimate of drug-likeness (QED) is 0.757. The molecule has 1 aromatic carbocycles. The smallest absolute Gasteiger partial charge is 0.494 e. The van der Waals surface area contributed by atoms with Crippen molar-refractivity contribution < 1.29 is 22.8 Å². The molecule has 3 rings (SSSR count). The molecule has 0 N–H and O–H groups in total. The van der Waals surface area contributed by atoms with E-state index < -0.39 is 24.7 Å². The fourth-order valence-electron chi connectivity index (χ4n) is 2.84. The summed E-state index contributed by atoms with van der Waals surface area (Å²) in [5, 5.41) is 0. The van der Waals surface area contributed by atoms with Gasteiger partial charge >= 0.3 is 7.12 Å². The van der Waals surface area contributed by atoms with E-state index in [4.69, 9.17) is 14.0 Å². The molecule has 1 saturated heterocycles. The molecule has 1 saturated carbocycles. The predicted octanol–water partition coefficient (Wildman–Crippen LogP) is 4.10. The molecule has 0 unspecified atom stereocenters. The van der Waals surface area contributed by atoms with Crippen LogP contribution in [-0.2, 0) is 9.31 Å². The molecule has 0 amide bonds. The van der Waals surface area contributed by atoms with Gasteiger partial charge in [0.2, 0.25) is 0 Å². The molecule has 132 valence electrons. The highest BCUT2D eigenvalue weighted by molar-refractivity contribution is 6.63. The van der Waals surface area contributed by atoms with E-state index in [-0.39, 0.29) is 5.56 Å². The van der Waals surface area contributed by atoms with Crippen molar-refractivity contribution in [1.29, 1.82) is 0 Å². The molecule has 0 radical (unpaired) electrons. The van der Waals surface area contributed by atoms with E-state index in [1.165, 1.54) is 18.6 Å². The van der Waals surface area contributed by atoms with Gasteiger partial charge in [0, 0.05) is 11.0 Å². The number of halogens is 2. The van der Waals surface area contributed by atoms with Crippen LogP contribution in [0.1, 0.15) is 58.9 Å². The van der Waals surface area contributed by atoms with Crippen LogP contribution in [0, 0.1) is 5.92 Å². The van der Waals surface area contributed by atoms with Crippen molar-refractivity contribution in [3.05, 3.63) is 23.8 Å². The van der Waals surface area contributed by atoms with Crippen molar-refractivity contribution in [3.63, 3.8) is 0 Å². The first-order valence-corrected chi connectivity index (χ1v) is 8.60. The summed E-state index contributed by atoms with van der Waals surface area (Å²) in [6.07, 6.45) is 0.971. The number of hydrogen-bond donors (Lipinski definition) is 0. The molecule has 0 spiro atoms. The van der Waals surface area contributed by atoms with Gasteiger partial charge < -0.3 is 14.0 Å². The monoisotopic (exact) mass is 338 g/mol. The fraction of sp³-hybridized carbons (Fsp3) is 0.667. The molecule has 3 nitrogen and oxygen atoms in total. The highest BCUT2D eigenvalue weighted by Gasteiger charge is 2.52. The van der Waals surface area contributed by atoms with Crippen LogP contribution < -0.4 is 10.2 Å². The third-order valence-corrected chi connectivity index (χ3v) is 5.50. The first-order chi connectivity index (χ1) is 11.2. The summed E-state index contributed by atoms with van der Waals surface area (Å²) in [6.45, 7) is 8.43. The standard InChI is InChI=1S/C18H25BF2O3/c1-17(2)18(3,4)24-19(23-17)14-9-8-13(16(20)21)10-15(14)22-11-12-6-5-7-12/h8-10,12,16H,5-7,11H2,1-4H3. The first-order valence-electron chi connectivity index (χ1n) is 8.60. The van der Waals surface area contributed by atoms with Crippen molar-refractivity contribution in [3.8, 4) is 5.75 Å². The zero-order chi connectivity index (χ0) is 17.5. The third kappa shape index (κ3) is 3.31. The highest BCUT2D eigenvalue weighted by Crippen LogP contribution is 2.37. The van der Waals surface area contributed by atoms with Gasteiger partial charge in [-0.05, 0) is 52.5 Å². The Balaban J connectivity index is 1.85. The fourth-order valence-corrected chi connectivity index (χ4v) is 2.84. The first kappa shape index (κ1) is 17.7. The van der Waals surface area contributed by atoms with Crippen LogP contribution >= 0.6 is 0 Å². The number of rotatable bonds is 5. The van der Waals surface area contributed by atoms with Gasteiger partial charge in [-0.1, -0.05) is 18.6 Å². The number of alkyl halides is 2. The van der Waals surface area contributed by atoms with Crippen molar-refractivity contribution in [2.24, 2.45) is 5.92 Å². The lowest BCUT2D eigenvalue weighted by molar-refractivity contribution is 0.00578. The maximum atomic E-state index is 13.1. The molecule has 0 atom stereocenters. The minimum absolute atomic E-state index is 0.0427. The van der Waals surface area contributed by atoms with Crippen LogP contribution in [0.4, 0.5) is 8.78 Å². The summed E-state index contributed by atoms with van der Waals surface area (Å²) in [7, 11) is -0.613. The van der Waals surface area contributed by atoms with Crippen LogP contribution in [0.25, 0.3) is 0 Å². The van der Waals surface area contributed by atoms with Gasteiger partial charge in [-0.25, -0.2) is 8.78 Å². The summed E-state index contributed by atoms with van der Waals surface area (Å²) in [6, 6.07) is 4.48. The van der Waals surface area contributed by atoms with E-state index in [0.717, 1.165) is 12.8 Å². The van der Waals surface area contributed by atoms with Gasteiger partial charge in [0.1, 0.15) is 5.75 Å². The summed E-state index contributed by atoms with van der Waals surface area (Å²) >= 11 is 0. The number of benzene rings is 1. The Hall–Kier alpha value is -1.14. The van der Waals surface area contributed by atoms with Gasteiger partial charge in [-0.3, -0.25) is 0 Å². The van der Waals surface area contributed by atoms with Crippen LogP contribution in [0.3, 0.4) is 0 Å². The van der Waals surface area contributed by atoms with Gasteiger partial charge in [0.15, 0.2) is 0 Å². The Labute approximate surface area is 142 Å². The van der Waals surface area contributed by atoms with Gasteiger partial charge in [-0.2, -0.15) is 0 Å². The SMILES string of the molecule is CC1(C)OB(c2ccc(C(F)F)cc2OCC2CCC2)OC1(C)C. The lowest BCUT2D eigenvalue weighted by Gasteiger charge is -2.32. The molecule has 1 aliphatic heterocycles. The van der Waals surface area contributed by atoms with Crippen molar-refractivity contribution in [2.75, 3.05) is 6.61 Å². The molecule has 2 fully saturated rings. The average molecular weight is 338 g/mol. The second-order valence-electron chi connectivity index (χ2n) is 7.79. The lowest BCUT2D eigenvalue weighted by Crippen LogP contribution is -2.41. The van der Waals surface area contributed by atoms with Crippen molar-refractivity contribution >= 4 is 12.6 Å². The molecule has 6 heteroatoms. The minimum Gasteiger partial charge on any atom is -0.494 e. The zero-order valence-electron chi connectivity index (χ0n) is 14.8. The largest absolute Gasteiger partial charge is 0.498 e. The van der Waals surface area contributed by atoms with Crippen molar-refractivity contribution in [1.82, 2.24) is 0 Å². The van der Waals surface area contributed by atoms with E-state index in [1.807, 2.05) is 27.7 Å². The maximum Gasteiger partial charge on any atom is 0.498 e. The second-order valence-corrected chi connectivity index (χ2v) is 7.79. The molecule has 2 aliphatic rings. The predicted molar refractivity (Wildman–Crippen MR) is 90.0 cm³/mol. The van der Waals surface area contributed by atoms with Crippen molar-refractivity contribution in [2.45, 2.75) is 64.6 Å². The Morgan fingerprint density at radius 1 is 1.17 bits per heavy atom. The summed E-state index contributed by atoms with van der Waals surface area (Å²) < 4.78 is 44.1. The molecule has 1 heterocycles. The molecular weight excluding hydrogens is 313 g/mol. The Morgan fingerprint density at radius 2 is 1.79 bits per heavy atom. The summed E-state index contributed by atoms with van der Waals surface area (Å²) in [4.78, 5) is 0. The van der Waals surface area contributed by atoms with Crippen LogP contribution in [0.2, 0.25) is 0 Å². The van der Waals surface area contributed by atoms with Crippen LogP contribution in [0.5, 0.6) is 5.75 Å².